The van der Waals surface area contributed by atoms with Gasteiger partial charge >= 0.3 is 6.03 Å². The largest absolute Gasteiger partial charge is 0.378 e. The Morgan fingerprint density at radius 3 is 2.89 bits per heavy atom. The number of hydrogen-bond donors (Lipinski definition) is 2. The van der Waals surface area contributed by atoms with Crippen LogP contribution >= 0.6 is 11.3 Å². The number of thiophene rings is 1. The number of urea groups is 1. The average molecular weight is 402 g/mol. The molecule has 2 aliphatic heterocycles. The summed E-state index contributed by atoms with van der Waals surface area (Å²) < 4.78 is 5.30. The maximum Gasteiger partial charge on any atom is 0.317 e. The number of carbonyl (C=O) groups is 2. The number of aromatic nitrogens is 2. The SMILES string of the molecule is O=C1NCCN1CCNc1nccc(-c2ccc(C(=O)N3CCOCC3)s2)n1. The number of ether oxygens (including phenoxy) is 1. The van der Waals surface area contributed by atoms with Gasteiger partial charge in [0.25, 0.3) is 5.91 Å². The smallest absolute Gasteiger partial charge is 0.317 e. The maximum atomic E-state index is 12.6. The number of rotatable bonds is 6. The van der Waals surface area contributed by atoms with Crippen molar-refractivity contribution in [1.29, 1.82) is 0 Å². The average Bonchev–Trinajstić information content (AvgIpc) is 3.38. The lowest BCUT2D eigenvalue weighted by atomic mass is 10.3. The van der Waals surface area contributed by atoms with Gasteiger partial charge in [0.05, 0.1) is 28.7 Å². The standard InChI is InChI=1S/C18H22N6O3S/c25-16(23-9-11-27-12-10-23)15-2-1-14(28-15)13-3-4-19-17(22-13)20-5-7-24-8-6-21-18(24)26/h1-4H,5-12H2,(H,21,26)(H,19,20,22). The van der Waals surface area contributed by atoms with Crippen molar-refractivity contribution in [1.82, 2.24) is 25.1 Å². The third-order valence-corrected chi connectivity index (χ3v) is 5.73. The Bertz CT molecular complexity index is 851. The minimum atomic E-state index is -0.0347. The topological polar surface area (TPSA) is 99.7 Å². The summed E-state index contributed by atoms with van der Waals surface area (Å²) in [5.41, 5.74) is 0.766. The van der Waals surface area contributed by atoms with Gasteiger partial charge in [-0.3, -0.25) is 4.79 Å². The fourth-order valence-electron chi connectivity index (χ4n) is 3.12. The van der Waals surface area contributed by atoms with Gasteiger partial charge in [0.15, 0.2) is 0 Å². The summed E-state index contributed by atoms with van der Waals surface area (Å²) in [5, 5.41) is 5.93. The number of nitrogens with zero attached hydrogens (tertiary/aromatic N) is 4. The molecule has 0 unspecified atom stereocenters. The fraction of sp³-hybridized carbons (Fsp3) is 0.444. The van der Waals surface area contributed by atoms with Gasteiger partial charge in [0, 0.05) is 45.5 Å². The quantitative estimate of drug-likeness (QED) is 0.751. The second-order valence-corrected chi connectivity index (χ2v) is 7.56. The highest BCUT2D eigenvalue weighted by molar-refractivity contribution is 7.17. The Balaban J connectivity index is 1.38. The molecule has 2 aromatic heterocycles. The summed E-state index contributed by atoms with van der Waals surface area (Å²) in [5.74, 6) is 0.544. The van der Waals surface area contributed by atoms with E-state index in [1.807, 2.05) is 23.1 Å². The van der Waals surface area contributed by atoms with Crippen LogP contribution < -0.4 is 10.6 Å². The van der Waals surface area contributed by atoms with E-state index < -0.39 is 0 Å². The number of amides is 3. The summed E-state index contributed by atoms with van der Waals surface area (Å²) in [6, 6.07) is 5.55. The first-order chi connectivity index (χ1) is 13.7. The zero-order valence-corrected chi connectivity index (χ0v) is 16.2. The highest BCUT2D eigenvalue weighted by Crippen LogP contribution is 2.28. The molecule has 4 rings (SSSR count). The van der Waals surface area contributed by atoms with E-state index in [-0.39, 0.29) is 11.9 Å². The van der Waals surface area contributed by atoms with E-state index in [2.05, 4.69) is 20.6 Å². The Kier molecular flexibility index (Phi) is 5.68. The maximum absolute atomic E-state index is 12.6. The van der Waals surface area contributed by atoms with E-state index in [1.165, 1.54) is 11.3 Å². The van der Waals surface area contributed by atoms with Crippen molar-refractivity contribution < 1.29 is 14.3 Å². The molecule has 3 amide bonds. The second-order valence-electron chi connectivity index (χ2n) is 6.48. The highest BCUT2D eigenvalue weighted by Gasteiger charge is 2.21. The van der Waals surface area contributed by atoms with Gasteiger partial charge in [-0.25, -0.2) is 14.8 Å². The number of hydrogen-bond acceptors (Lipinski definition) is 7. The number of nitrogens with one attached hydrogen (secondary N) is 2. The lowest BCUT2D eigenvalue weighted by Gasteiger charge is -2.26. The highest BCUT2D eigenvalue weighted by atomic mass is 32.1. The molecule has 28 heavy (non-hydrogen) atoms. The minimum absolute atomic E-state index is 0.0347. The monoisotopic (exact) mass is 402 g/mol. The predicted molar refractivity (Wildman–Crippen MR) is 106 cm³/mol. The van der Waals surface area contributed by atoms with E-state index in [4.69, 9.17) is 4.74 Å². The summed E-state index contributed by atoms with van der Waals surface area (Å²) in [7, 11) is 0. The Hall–Kier alpha value is -2.72. The van der Waals surface area contributed by atoms with Crippen LogP contribution in [0.1, 0.15) is 9.67 Å². The lowest BCUT2D eigenvalue weighted by molar-refractivity contribution is 0.0306. The zero-order chi connectivity index (χ0) is 19.3. The third kappa shape index (κ3) is 4.23. The molecule has 4 heterocycles. The molecule has 0 atom stereocenters. The summed E-state index contributed by atoms with van der Waals surface area (Å²) in [6.07, 6.45) is 1.69. The molecule has 10 heteroatoms. The van der Waals surface area contributed by atoms with Crippen molar-refractivity contribution in [2.24, 2.45) is 0 Å². The first kappa shape index (κ1) is 18.6. The van der Waals surface area contributed by atoms with Crippen LogP contribution in [-0.2, 0) is 4.74 Å². The summed E-state index contributed by atoms with van der Waals surface area (Å²) in [4.78, 5) is 38.1. The Morgan fingerprint density at radius 1 is 1.25 bits per heavy atom. The van der Waals surface area contributed by atoms with Crippen LogP contribution in [0, 0.1) is 0 Å². The van der Waals surface area contributed by atoms with E-state index in [1.54, 1.807) is 11.1 Å². The third-order valence-electron chi connectivity index (χ3n) is 4.63. The van der Waals surface area contributed by atoms with Crippen LogP contribution in [0.2, 0.25) is 0 Å². The van der Waals surface area contributed by atoms with E-state index in [0.717, 1.165) is 17.1 Å². The number of carbonyl (C=O) groups excluding carboxylic acids is 2. The van der Waals surface area contributed by atoms with Gasteiger partial charge in [-0.1, -0.05) is 0 Å². The van der Waals surface area contributed by atoms with Gasteiger partial charge < -0.3 is 25.2 Å². The van der Waals surface area contributed by atoms with Gasteiger partial charge in [-0.2, -0.15) is 0 Å². The second kappa shape index (κ2) is 8.53. The molecule has 2 saturated heterocycles. The van der Waals surface area contributed by atoms with E-state index >= 15 is 0 Å². The zero-order valence-electron chi connectivity index (χ0n) is 15.4. The van der Waals surface area contributed by atoms with Crippen LogP contribution in [0.3, 0.4) is 0 Å². The summed E-state index contributed by atoms with van der Waals surface area (Å²) in [6.45, 7) is 5.00. The molecule has 0 aliphatic carbocycles. The molecule has 2 aromatic rings. The molecule has 0 bridgehead atoms. The molecule has 0 radical (unpaired) electrons. The minimum Gasteiger partial charge on any atom is -0.378 e. The van der Waals surface area contributed by atoms with E-state index in [0.29, 0.717) is 56.8 Å². The molecule has 2 N–H and O–H groups in total. The molecule has 0 saturated carbocycles. The van der Waals surface area contributed by atoms with Crippen LogP contribution in [0.15, 0.2) is 24.4 Å². The van der Waals surface area contributed by atoms with Gasteiger partial charge in [0.2, 0.25) is 5.95 Å². The molecular weight excluding hydrogens is 380 g/mol. The first-order valence-electron chi connectivity index (χ1n) is 9.27. The van der Waals surface area contributed by atoms with Crippen molar-refractivity contribution >= 4 is 29.2 Å². The van der Waals surface area contributed by atoms with Crippen LogP contribution in [-0.4, -0.2) is 84.2 Å². The van der Waals surface area contributed by atoms with Crippen molar-refractivity contribution in [2.75, 3.05) is 57.8 Å². The van der Waals surface area contributed by atoms with Crippen LogP contribution in [0.4, 0.5) is 10.7 Å². The molecule has 2 aliphatic rings. The number of morpholine rings is 1. The Morgan fingerprint density at radius 2 is 2.11 bits per heavy atom. The molecular formula is C18H22N6O3S. The molecule has 2 fully saturated rings. The van der Waals surface area contributed by atoms with Gasteiger partial charge in [0.1, 0.15) is 0 Å². The number of anilines is 1. The Labute approximate surface area is 166 Å². The van der Waals surface area contributed by atoms with Crippen molar-refractivity contribution in [3.63, 3.8) is 0 Å². The molecule has 0 spiro atoms. The molecule has 148 valence electrons. The molecule has 0 aromatic carbocycles. The molecule has 9 nitrogen and oxygen atoms in total. The van der Waals surface area contributed by atoms with Gasteiger partial charge in [-0.05, 0) is 18.2 Å². The van der Waals surface area contributed by atoms with Crippen LogP contribution in [0.25, 0.3) is 10.6 Å². The van der Waals surface area contributed by atoms with Crippen molar-refractivity contribution in [3.8, 4) is 10.6 Å². The van der Waals surface area contributed by atoms with E-state index in [9.17, 15) is 9.59 Å². The van der Waals surface area contributed by atoms with Gasteiger partial charge in [-0.15, -0.1) is 11.3 Å². The fourth-order valence-corrected chi connectivity index (χ4v) is 4.06. The lowest BCUT2D eigenvalue weighted by Crippen LogP contribution is -2.40. The van der Waals surface area contributed by atoms with Crippen molar-refractivity contribution in [3.05, 3.63) is 29.3 Å². The first-order valence-corrected chi connectivity index (χ1v) is 10.1. The van der Waals surface area contributed by atoms with Crippen molar-refractivity contribution in [2.45, 2.75) is 0 Å². The predicted octanol–water partition coefficient (Wildman–Crippen LogP) is 1.11. The summed E-state index contributed by atoms with van der Waals surface area (Å²) >= 11 is 1.43. The van der Waals surface area contributed by atoms with Crippen LogP contribution in [0.5, 0.6) is 0 Å². The normalized spacial score (nSPS) is 16.9.